The fraction of sp³-hybridized carbons (Fsp3) is 0.385. The number of nitrogens with two attached hydrogens (primary N) is 1. The molecule has 0 aliphatic carbocycles. The highest BCUT2D eigenvalue weighted by atomic mass is 35.5. The molecule has 1 rings (SSSR count). The standard InChI is InChI=1S/C13H19ClN2O2S/c1-9(2)8-16(4)19(17,18)13-6-12(14)5-11(7-15)10(13)3/h5-6H,1,7-8,15H2,2-4H3. The van der Waals surface area contributed by atoms with Crippen LogP contribution >= 0.6 is 11.6 Å². The Kier molecular flexibility index (Phi) is 5.15. The van der Waals surface area contributed by atoms with Gasteiger partial charge < -0.3 is 5.73 Å². The monoisotopic (exact) mass is 302 g/mol. The summed E-state index contributed by atoms with van der Waals surface area (Å²) in [5.74, 6) is 0. The van der Waals surface area contributed by atoms with Gasteiger partial charge in [-0.3, -0.25) is 0 Å². The number of likely N-dealkylation sites (N-methyl/N-ethyl adjacent to an activating group) is 1. The number of hydrogen-bond acceptors (Lipinski definition) is 3. The van der Waals surface area contributed by atoms with E-state index in [-0.39, 0.29) is 18.0 Å². The van der Waals surface area contributed by atoms with Crippen molar-refractivity contribution >= 4 is 21.6 Å². The molecule has 0 unspecified atom stereocenters. The number of halogens is 1. The average molecular weight is 303 g/mol. The largest absolute Gasteiger partial charge is 0.326 e. The number of benzene rings is 1. The predicted molar refractivity (Wildman–Crippen MR) is 78.7 cm³/mol. The van der Waals surface area contributed by atoms with E-state index in [1.165, 1.54) is 17.4 Å². The van der Waals surface area contributed by atoms with Crippen LogP contribution in [0.2, 0.25) is 5.02 Å². The summed E-state index contributed by atoms with van der Waals surface area (Å²) in [6.45, 7) is 7.76. The van der Waals surface area contributed by atoms with Gasteiger partial charge in [-0.15, -0.1) is 0 Å². The number of rotatable bonds is 5. The Morgan fingerprint density at radius 2 is 2.05 bits per heavy atom. The van der Waals surface area contributed by atoms with Crippen LogP contribution in [0.4, 0.5) is 0 Å². The highest BCUT2D eigenvalue weighted by Crippen LogP contribution is 2.26. The van der Waals surface area contributed by atoms with Crippen molar-refractivity contribution in [1.82, 2.24) is 4.31 Å². The van der Waals surface area contributed by atoms with Gasteiger partial charge in [0.2, 0.25) is 10.0 Å². The van der Waals surface area contributed by atoms with Crippen LogP contribution in [0, 0.1) is 6.92 Å². The lowest BCUT2D eigenvalue weighted by Gasteiger charge is -2.20. The summed E-state index contributed by atoms with van der Waals surface area (Å²) < 4.78 is 26.2. The van der Waals surface area contributed by atoms with Gasteiger partial charge in [0.25, 0.3) is 0 Å². The molecule has 0 saturated carbocycles. The van der Waals surface area contributed by atoms with Crippen LogP contribution in [0.25, 0.3) is 0 Å². The van der Waals surface area contributed by atoms with Crippen LogP contribution in [0.15, 0.2) is 29.2 Å². The summed E-state index contributed by atoms with van der Waals surface area (Å²) in [4.78, 5) is 0.198. The zero-order valence-electron chi connectivity index (χ0n) is 11.4. The molecule has 0 aromatic heterocycles. The van der Waals surface area contributed by atoms with Crippen molar-refractivity contribution in [1.29, 1.82) is 0 Å². The molecule has 1 aromatic carbocycles. The Hall–Kier alpha value is -0.880. The van der Waals surface area contributed by atoms with E-state index >= 15 is 0 Å². The number of sulfonamides is 1. The van der Waals surface area contributed by atoms with Gasteiger partial charge in [0.15, 0.2) is 0 Å². The van der Waals surface area contributed by atoms with E-state index in [0.717, 1.165) is 11.1 Å². The van der Waals surface area contributed by atoms with Crippen molar-refractivity contribution in [3.8, 4) is 0 Å². The van der Waals surface area contributed by atoms with Crippen LogP contribution < -0.4 is 5.73 Å². The normalized spacial score (nSPS) is 11.9. The molecule has 0 spiro atoms. The zero-order valence-corrected chi connectivity index (χ0v) is 13.0. The smallest absolute Gasteiger partial charge is 0.243 e. The maximum Gasteiger partial charge on any atom is 0.243 e. The van der Waals surface area contributed by atoms with Gasteiger partial charge in [0.1, 0.15) is 0 Å². The second-order valence-electron chi connectivity index (χ2n) is 4.61. The molecule has 0 amide bonds. The van der Waals surface area contributed by atoms with E-state index in [4.69, 9.17) is 17.3 Å². The number of hydrogen-bond donors (Lipinski definition) is 1. The maximum absolute atomic E-state index is 12.5. The van der Waals surface area contributed by atoms with Crippen molar-refractivity contribution in [2.24, 2.45) is 5.73 Å². The minimum Gasteiger partial charge on any atom is -0.326 e. The summed E-state index contributed by atoms with van der Waals surface area (Å²) in [6, 6.07) is 3.15. The molecular formula is C13H19ClN2O2S. The molecule has 0 aliphatic heterocycles. The van der Waals surface area contributed by atoms with Crippen LogP contribution in [-0.4, -0.2) is 26.3 Å². The first-order valence-electron chi connectivity index (χ1n) is 5.80. The molecule has 0 atom stereocenters. The van der Waals surface area contributed by atoms with Gasteiger partial charge in [0, 0.05) is 25.2 Å². The average Bonchev–Trinajstić information content (AvgIpc) is 2.30. The molecule has 0 fully saturated rings. The zero-order chi connectivity index (χ0) is 14.8. The first kappa shape index (κ1) is 16.2. The minimum absolute atomic E-state index is 0.198. The third kappa shape index (κ3) is 3.57. The molecule has 0 radical (unpaired) electrons. The van der Waals surface area contributed by atoms with Crippen molar-refractivity contribution in [2.45, 2.75) is 25.3 Å². The Morgan fingerprint density at radius 1 is 1.47 bits per heavy atom. The van der Waals surface area contributed by atoms with E-state index in [1.54, 1.807) is 19.9 Å². The lowest BCUT2D eigenvalue weighted by atomic mass is 10.1. The molecule has 0 aliphatic rings. The van der Waals surface area contributed by atoms with Crippen molar-refractivity contribution in [2.75, 3.05) is 13.6 Å². The first-order chi connectivity index (χ1) is 8.70. The van der Waals surface area contributed by atoms with Gasteiger partial charge >= 0.3 is 0 Å². The molecule has 4 nitrogen and oxygen atoms in total. The fourth-order valence-corrected chi connectivity index (χ4v) is 3.65. The van der Waals surface area contributed by atoms with E-state index in [9.17, 15) is 8.42 Å². The predicted octanol–water partition coefficient (Wildman–Crippen LogP) is 2.30. The fourth-order valence-electron chi connectivity index (χ4n) is 1.82. The first-order valence-corrected chi connectivity index (χ1v) is 7.61. The topological polar surface area (TPSA) is 63.4 Å². The second-order valence-corrected chi connectivity index (χ2v) is 7.06. The van der Waals surface area contributed by atoms with Crippen LogP contribution in [0.3, 0.4) is 0 Å². The van der Waals surface area contributed by atoms with Gasteiger partial charge in [-0.2, -0.15) is 4.31 Å². The second kappa shape index (κ2) is 6.05. The van der Waals surface area contributed by atoms with Gasteiger partial charge in [-0.1, -0.05) is 23.8 Å². The Labute approximate surface area is 119 Å². The molecule has 0 bridgehead atoms. The van der Waals surface area contributed by atoms with E-state index < -0.39 is 10.0 Å². The Morgan fingerprint density at radius 3 is 2.53 bits per heavy atom. The van der Waals surface area contributed by atoms with Gasteiger partial charge in [-0.05, 0) is 37.1 Å². The molecular weight excluding hydrogens is 284 g/mol. The highest BCUT2D eigenvalue weighted by Gasteiger charge is 2.24. The molecule has 19 heavy (non-hydrogen) atoms. The molecule has 0 saturated heterocycles. The maximum atomic E-state index is 12.5. The Balaban J connectivity index is 3.36. The van der Waals surface area contributed by atoms with Crippen LogP contribution in [0.1, 0.15) is 18.1 Å². The summed E-state index contributed by atoms with van der Waals surface area (Å²) in [5.41, 5.74) is 7.75. The van der Waals surface area contributed by atoms with E-state index in [0.29, 0.717) is 10.6 Å². The SMILES string of the molecule is C=C(C)CN(C)S(=O)(=O)c1cc(Cl)cc(CN)c1C. The summed E-state index contributed by atoms with van der Waals surface area (Å²) in [6.07, 6.45) is 0. The summed E-state index contributed by atoms with van der Waals surface area (Å²) in [5, 5.41) is 0.369. The third-order valence-electron chi connectivity index (χ3n) is 2.83. The van der Waals surface area contributed by atoms with Crippen LogP contribution in [-0.2, 0) is 16.6 Å². The Bertz CT molecular complexity index is 597. The van der Waals surface area contributed by atoms with Crippen molar-refractivity contribution in [3.63, 3.8) is 0 Å². The van der Waals surface area contributed by atoms with Crippen molar-refractivity contribution in [3.05, 3.63) is 40.4 Å². The van der Waals surface area contributed by atoms with Crippen molar-refractivity contribution < 1.29 is 8.42 Å². The third-order valence-corrected chi connectivity index (χ3v) is 4.98. The quantitative estimate of drug-likeness (QED) is 0.849. The molecule has 1 aromatic rings. The molecule has 0 heterocycles. The van der Waals surface area contributed by atoms with E-state index in [1.807, 2.05) is 0 Å². The molecule has 106 valence electrons. The molecule has 2 N–H and O–H groups in total. The summed E-state index contributed by atoms with van der Waals surface area (Å²) >= 11 is 5.96. The number of nitrogens with zero attached hydrogens (tertiary/aromatic N) is 1. The molecule has 6 heteroatoms. The lowest BCUT2D eigenvalue weighted by molar-refractivity contribution is 0.492. The van der Waals surface area contributed by atoms with Crippen LogP contribution in [0.5, 0.6) is 0 Å². The van der Waals surface area contributed by atoms with E-state index in [2.05, 4.69) is 6.58 Å². The van der Waals surface area contributed by atoms with Gasteiger partial charge in [0.05, 0.1) is 4.90 Å². The highest BCUT2D eigenvalue weighted by molar-refractivity contribution is 7.89. The minimum atomic E-state index is -3.59. The lowest BCUT2D eigenvalue weighted by Crippen LogP contribution is -2.29. The van der Waals surface area contributed by atoms with Gasteiger partial charge in [-0.25, -0.2) is 8.42 Å². The summed E-state index contributed by atoms with van der Waals surface area (Å²) in [7, 11) is -2.07.